The highest BCUT2D eigenvalue weighted by atomic mass is 19.4. The van der Waals surface area contributed by atoms with E-state index in [0.29, 0.717) is 13.0 Å². The highest BCUT2D eigenvalue weighted by Gasteiger charge is 2.33. The van der Waals surface area contributed by atoms with Gasteiger partial charge in [0.05, 0.1) is 7.11 Å². The molecule has 0 aliphatic heterocycles. The summed E-state index contributed by atoms with van der Waals surface area (Å²) in [6, 6.07) is 4.72. The number of methoxy groups -OCH3 is 1. The van der Waals surface area contributed by atoms with Crippen LogP contribution in [-0.2, 0) is 6.18 Å². The van der Waals surface area contributed by atoms with E-state index >= 15 is 0 Å². The number of ether oxygens (including phenoxy) is 1. The standard InChI is InChI=1S/C17H21F4N5O/c1-26(2)8-4-7-22-16-24-14(17(19,20)21)10-15(25-16)23-11-5-6-13(27-3)12(18)9-11/h5-6,9-10H,4,7-8H2,1-3H3,(H2,22,23,24,25). The summed E-state index contributed by atoms with van der Waals surface area (Å²) >= 11 is 0. The molecule has 0 radical (unpaired) electrons. The van der Waals surface area contributed by atoms with Crippen LogP contribution in [0.4, 0.5) is 35.0 Å². The van der Waals surface area contributed by atoms with Gasteiger partial charge in [-0.3, -0.25) is 0 Å². The predicted octanol–water partition coefficient (Wildman–Crippen LogP) is 3.75. The SMILES string of the molecule is COc1ccc(Nc2cc(C(F)(F)F)nc(NCCCN(C)C)n2)cc1F. The van der Waals surface area contributed by atoms with Crippen molar-refractivity contribution in [2.24, 2.45) is 0 Å². The zero-order chi connectivity index (χ0) is 20.0. The molecule has 27 heavy (non-hydrogen) atoms. The molecule has 1 aromatic carbocycles. The van der Waals surface area contributed by atoms with Gasteiger partial charge in [-0.05, 0) is 39.2 Å². The zero-order valence-corrected chi connectivity index (χ0v) is 15.2. The second kappa shape index (κ2) is 8.85. The smallest absolute Gasteiger partial charge is 0.433 e. The lowest BCUT2D eigenvalue weighted by atomic mass is 10.3. The Morgan fingerprint density at radius 2 is 1.89 bits per heavy atom. The predicted molar refractivity (Wildman–Crippen MR) is 94.9 cm³/mol. The van der Waals surface area contributed by atoms with Crippen molar-refractivity contribution in [1.29, 1.82) is 0 Å². The maximum absolute atomic E-state index is 13.8. The molecule has 1 heterocycles. The number of nitrogens with zero attached hydrogens (tertiary/aromatic N) is 3. The molecule has 0 unspecified atom stereocenters. The van der Waals surface area contributed by atoms with Crippen LogP contribution in [0.1, 0.15) is 12.1 Å². The largest absolute Gasteiger partial charge is 0.494 e. The van der Waals surface area contributed by atoms with Crippen molar-refractivity contribution in [3.8, 4) is 5.75 Å². The van der Waals surface area contributed by atoms with Crippen LogP contribution in [0.15, 0.2) is 24.3 Å². The van der Waals surface area contributed by atoms with Gasteiger partial charge in [-0.1, -0.05) is 0 Å². The lowest BCUT2D eigenvalue weighted by molar-refractivity contribution is -0.141. The summed E-state index contributed by atoms with van der Waals surface area (Å²) in [5.41, 5.74) is -0.859. The van der Waals surface area contributed by atoms with Crippen molar-refractivity contribution in [2.45, 2.75) is 12.6 Å². The van der Waals surface area contributed by atoms with Gasteiger partial charge in [-0.2, -0.15) is 18.2 Å². The molecule has 2 N–H and O–H groups in total. The van der Waals surface area contributed by atoms with Crippen molar-refractivity contribution in [3.63, 3.8) is 0 Å². The summed E-state index contributed by atoms with van der Waals surface area (Å²) in [4.78, 5) is 9.50. The molecule has 0 saturated heterocycles. The van der Waals surface area contributed by atoms with Gasteiger partial charge in [0.1, 0.15) is 5.82 Å². The molecular formula is C17H21F4N5O. The van der Waals surface area contributed by atoms with Gasteiger partial charge in [0.15, 0.2) is 17.3 Å². The molecule has 0 fully saturated rings. The fourth-order valence-electron chi connectivity index (χ4n) is 2.22. The molecule has 148 valence electrons. The first-order valence-corrected chi connectivity index (χ1v) is 8.14. The molecule has 2 aromatic rings. The van der Waals surface area contributed by atoms with Gasteiger partial charge >= 0.3 is 6.18 Å². The van der Waals surface area contributed by atoms with Crippen LogP contribution in [0.25, 0.3) is 0 Å². The number of rotatable bonds is 8. The van der Waals surface area contributed by atoms with Crippen molar-refractivity contribution < 1.29 is 22.3 Å². The van der Waals surface area contributed by atoms with Gasteiger partial charge in [0.25, 0.3) is 0 Å². The normalized spacial score (nSPS) is 11.6. The molecule has 10 heteroatoms. The van der Waals surface area contributed by atoms with Gasteiger partial charge in [0, 0.05) is 24.4 Å². The van der Waals surface area contributed by atoms with Gasteiger partial charge < -0.3 is 20.3 Å². The highest BCUT2D eigenvalue weighted by Crippen LogP contribution is 2.31. The van der Waals surface area contributed by atoms with E-state index in [1.165, 1.54) is 19.2 Å². The van der Waals surface area contributed by atoms with E-state index < -0.39 is 17.7 Å². The third kappa shape index (κ3) is 6.24. The van der Waals surface area contributed by atoms with E-state index in [9.17, 15) is 17.6 Å². The van der Waals surface area contributed by atoms with Crippen LogP contribution >= 0.6 is 0 Å². The van der Waals surface area contributed by atoms with Crippen molar-refractivity contribution in [2.75, 3.05) is 44.9 Å². The van der Waals surface area contributed by atoms with E-state index in [2.05, 4.69) is 20.6 Å². The summed E-state index contributed by atoms with van der Waals surface area (Å²) in [5.74, 6) is -0.867. The van der Waals surface area contributed by atoms with Crippen LogP contribution in [0.3, 0.4) is 0 Å². The lowest BCUT2D eigenvalue weighted by Gasteiger charge is -2.14. The first kappa shape index (κ1) is 20.7. The van der Waals surface area contributed by atoms with Crippen LogP contribution in [0.5, 0.6) is 5.75 Å². The third-order valence-electron chi connectivity index (χ3n) is 3.51. The molecule has 0 atom stereocenters. The summed E-state index contributed by atoms with van der Waals surface area (Å²) in [6.45, 7) is 1.18. The number of anilines is 3. The molecule has 0 bridgehead atoms. The monoisotopic (exact) mass is 387 g/mol. The number of hydrogen-bond donors (Lipinski definition) is 2. The van der Waals surface area contributed by atoms with Crippen molar-refractivity contribution >= 4 is 17.5 Å². The molecule has 0 spiro atoms. The van der Waals surface area contributed by atoms with Gasteiger partial charge in [-0.15, -0.1) is 0 Å². The first-order chi connectivity index (χ1) is 12.7. The van der Waals surface area contributed by atoms with Crippen molar-refractivity contribution in [3.05, 3.63) is 35.8 Å². The number of nitrogens with one attached hydrogen (secondary N) is 2. The Bertz CT molecular complexity index is 767. The van der Waals surface area contributed by atoms with Crippen LogP contribution in [0, 0.1) is 5.82 Å². The number of halogens is 4. The molecule has 6 nitrogen and oxygen atoms in total. The number of hydrogen-bond acceptors (Lipinski definition) is 6. The minimum atomic E-state index is -4.63. The molecule has 0 amide bonds. The quantitative estimate of drug-likeness (QED) is 0.531. The molecular weight excluding hydrogens is 366 g/mol. The van der Waals surface area contributed by atoms with E-state index in [1.54, 1.807) is 0 Å². The average molecular weight is 387 g/mol. The first-order valence-electron chi connectivity index (χ1n) is 8.14. The van der Waals surface area contributed by atoms with Crippen LogP contribution < -0.4 is 15.4 Å². The van der Waals surface area contributed by atoms with E-state index in [4.69, 9.17) is 4.74 Å². The summed E-state index contributed by atoms with van der Waals surface area (Å²) in [7, 11) is 5.12. The lowest BCUT2D eigenvalue weighted by Crippen LogP contribution is -2.18. The Morgan fingerprint density at radius 1 is 1.15 bits per heavy atom. The summed E-state index contributed by atoms with van der Waals surface area (Å²) in [5, 5.41) is 5.45. The van der Waals surface area contributed by atoms with E-state index in [-0.39, 0.29) is 23.2 Å². The van der Waals surface area contributed by atoms with Crippen LogP contribution in [0.2, 0.25) is 0 Å². The van der Waals surface area contributed by atoms with Crippen molar-refractivity contribution in [1.82, 2.24) is 14.9 Å². The fourth-order valence-corrected chi connectivity index (χ4v) is 2.22. The molecule has 0 aliphatic carbocycles. The molecule has 0 aliphatic rings. The minimum Gasteiger partial charge on any atom is -0.494 e. The maximum atomic E-state index is 13.8. The summed E-state index contributed by atoms with van der Waals surface area (Å²) in [6.07, 6.45) is -3.93. The molecule has 2 rings (SSSR count). The number of alkyl halides is 3. The van der Waals surface area contributed by atoms with Crippen LogP contribution in [-0.4, -0.2) is 49.2 Å². The Hall–Kier alpha value is -2.62. The summed E-state index contributed by atoms with van der Waals surface area (Å²) < 4.78 is 57.9. The Labute approximate surface area is 154 Å². The highest BCUT2D eigenvalue weighted by molar-refractivity contribution is 5.59. The topological polar surface area (TPSA) is 62.3 Å². The fraction of sp³-hybridized carbons (Fsp3) is 0.412. The number of benzene rings is 1. The zero-order valence-electron chi connectivity index (χ0n) is 15.2. The molecule has 0 saturated carbocycles. The van der Waals surface area contributed by atoms with E-state index in [0.717, 1.165) is 18.7 Å². The number of aromatic nitrogens is 2. The minimum absolute atomic E-state index is 0.0301. The second-order valence-electron chi connectivity index (χ2n) is 6.02. The Kier molecular flexibility index (Phi) is 6.78. The Morgan fingerprint density at radius 3 is 2.48 bits per heavy atom. The average Bonchev–Trinajstić information content (AvgIpc) is 2.58. The van der Waals surface area contributed by atoms with Gasteiger partial charge in [-0.25, -0.2) is 9.37 Å². The maximum Gasteiger partial charge on any atom is 0.433 e. The molecule has 1 aromatic heterocycles. The Balaban J connectivity index is 2.21. The second-order valence-corrected chi connectivity index (χ2v) is 6.02. The third-order valence-corrected chi connectivity index (χ3v) is 3.51. The van der Waals surface area contributed by atoms with Gasteiger partial charge in [0.2, 0.25) is 5.95 Å². The van der Waals surface area contributed by atoms with E-state index in [1.807, 2.05) is 19.0 Å².